The molecule has 10 heteroatoms. The van der Waals surface area contributed by atoms with Crippen molar-refractivity contribution >= 4 is 51.2 Å². The molecule has 2 amide bonds. The number of benzene rings is 1. The monoisotopic (exact) mass is 435 g/mol. The zero-order valence-electron chi connectivity index (χ0n) is 16.3. The third kappa shape index (κ3) is 3.90. The predicted molar refractivity (Wildman–Crippen MR) is 114 cm³/mol. The lowest BCUT2D eigenvalue weighted by Crippen LogP contribution is -2.41. The summed E-state index contributed by atoms with van der Waals surface area (Å²) in [4.78, 5) is 24.5. The number of oxazole rings is 1. The van der Waals surface area contributed by atoms with Crippen LogP contribution in [-0.2, 0) is 6.42 Å². The minimum Gasteiger partial charge on any atom is -0.423 e. The molecule has 0 fully saturated rings. The van der Waals surface area contributed by atoms with E-state index in [1.807, 2.05) is 6.07 Å². The Morgan fingerprint density at radius 2 is 2.24 bits per heavy atom. The molecule has 1 aliphatic rings. The molecule has 0 radical (unpaired) electrons. The molecule has 1 aliphatic heterocycles. The van der Waals surface area contributed by atoms with E-state index in [1.165, 1.54) is 11.3 Å². The number of aliphatic hydroxyl groups is 1. The SMILES string of the molecule is C[C@H](CO)NC(=O)Nc1nc2c(s1)[C@H](C)N(c1nc3cc(Cl)ccc3o1)[C@H](C)C2. The van der Waals surface area contributed by atoms with E-state index in [2.05, 4.69) is 39.3 Å². The fraction of sp³-hybridized carbons (Fsp3) is 0.421. The summed E-state index contributed by atoms with van der Waals surface area (Å²) in [6.45, 7) is 5.78. The van der Waals surface area contributed by atoms with Crippen LogP contribution in [0.4, 0.5) is 15.9 Å². The lowest BCUT2D eigenvalue weighted by atomic mass is 10.0. The first-order chi connectivity index (χ1) is 13.9. The van der Waals surface area contributed by atoms with Crippen molar-refractivity contribution in [2.45, 2.75) is 45.3 Å². The zero-order valence-corrected chi connectivity index (χ0v) is 17.8. The number of hydrogen-bond donors (Lipinski definition) is 3. The number of hydrogen-bond acceptors (Lipinski definition) is 7. The van der Waals surface area contributed by atoms with Crippen molar-refractivity contribution in [3.63, 3.8) is 0 Å². The summed E-state index contributed by atoms with van der Waals surface area (Å²) in [5.74, 6) is 0. The van der Waals surface area contributed by atoms with Gasteiger partial charge in [0.25, 0.3) is 6.01 Å². The highest BCUT2D eigenvalue weighted by Gasteiger charge is 2.35. The summed E-state index contributed by atoms with van der Waals surface area (Å²) in [7, 11) is 0. The Morgan fingerprint density at radius 1 is 1.45 bits per heavy atom. The van der Waals surface area contributed by atoms with Crippen LogP contribution in [0, 0.1) is 0 Å². The Labute approximate surface area is 176 Å². The number of nitrogens with zero attached hydrogens (tertiary/aromatic N) is 3. The number of aliphatic hydroxyl groups excluding tert-OH is 1. The number of urea groups is 1. The summed E-state index contributed by atoms with van der Waals surface area (Å²) in [6, 6.07) is 5.34. The Hall–Kier alpha value is -2.36. The van der Waals surface area contributed by atoms with Gasteiger partial charge >= 0.3 is 6.03 Å². The maximum Gasteiger partial charge on any atom is 0.321 e. The van der Waals surface area contributed by atoms with Gasteiger partial charge in [-0.3, -0.25) is 5.32 Å². The second-order valence-corrected chi connectivity index (χ2v) is 8.72. The number of thiazole rings is 1. The molecule has 0 saturated heterocycles. The number of anilines is 2. The summed E-state index contributed by atoms with van der Waals surface area (Å²) in [5.41, 5.74) is 2.38. The van der Waals surface area contributed by atoms with Crippen molar-refractivity contribution in [1.82, 2.24) is 15.3 Å². The van der Waals surface area contributed by atoms with E-state index in [0.717, 1.165) is 16.1 Å². The number of nitrogens with one attached hydrogen (secondary N) is 2. The molecule has 154 valence electrons. The number of aromatic nitrogens is 2. The maximum atomic E-state index is 12.0. The summed E-state index contributed by atoms with van der Waals surface area (Å²) in [5, 5.41) is 15.6. The van der Waals surface area contributed by atoms with Gasteiger partial charge in [-0.2, -0.15) is 4.98 Å². The van der Waals surface area contributed by atoms with Gasteiger partial charge in [-0.05, 0) is 39.0 Å². The average molecular weight is 436 g/mol. The van der Waals surface area contributed by atoms with Crippen LogP contribution in [0.3, 0.4) is 0 Å². The summed E-state index contributed by atoms with van der Waals surface area (Å²) in [6.07, 6.45) is 0.714. The summed E-state index contributed by atoms with van der Waals surface area (Å²) >= 11 is 7.51. The number of carbonyl (C=O) groups excluding carboxylic acids is 1. The molecule has 2 aromatic heterocycles. The first kappa shape index (κ1) is 19.9. The second-order valence-electron chi connectivity index (χ2n) is 7.26. The molecule has 0 bridgehead atoms. The number of halogens is 1. The molecule has 0 aliphatic carbocycles. The lowest BCUT2D eigenvalue weighted by Gasteiger charge is -2.36. The molecule has 3 atom stereocenters. The first-order valence-corrected chi connectivity index (χ1v) is 10.6. The number of rotatable bonds is 4. The molecular formula is C19H22ClN5O3S. The molecule has 29 heavy (non-hydrogen) atoms. The van der Waals surface area contributed by atoms with E-state index >= 15 is 0 Å². The topological polar surface area (TPSA) is 104 Å². The molecule has 0 unspecified atom stereocenters. The van der Waals surface area contributed by atoms with Crippen molar-refractivity contribution in [2.24, 2.45) is 0 Å². The molecular weight excluding hydrogens is 414 g/mol. The van der Waals surface area contributed by atoms with Crippen LogP contribution in [0.25, 0.3) is 11.1 Å². The van der Waals surface area contributed by atoms with Crippen LogP contribution in [0.2, 0.25) is 5.02 Å². The minimum atomic E-state index is -0.383. The highest BCUT2D eigenvalue weighted by atomic mass is 35.5. The highest BCUT2D eigenvalue weighted by molar-refractivity contribution is 7.16. The van der Waals surface area contributed by atoms with Crippen molar-refractivity contribution in [2.75, 3.05) is 16.8 Å². The number of carbonyl (C=O) groups is 1. The third-order valence-corrected chi connectivity index (χ3v) is 6.34. The minimum absolute atomic E-state index is 0.00948. The van der Waals surface area contributed by atoms with Gasteiger partial charge < -0.3 is 19.7 Å². The standard InChI is InChI=1S/C19H22ClN5O3S/c1-9(8-26)21-17(27)24-18-22-14-6-10(2)25(11(3)16(14)29-18)19-23-13-7-12(20)4-5-15(13)28-19/h4-5,7,9-11,26H,6,8H2,1-3H3,(H2,21,22,24,27)/t9-,10-,11+/m1/s1. The van der Waals surface area contributed by atoms with Gasteiger partial charge in [-0.1, -0.05) is 22.9 Å². The van der Waals surface area contributed by atoms with Crippen molar-refractivity contribution < 1.29 is 14.3 Å². The van der Waals surface area contributed by atoms with Crippen LogP contribution in [0.15, 0.2) is 22.6 Å². The highest BCUT2D eigenvalue weighted by Crippen LogP contribution is 2.41. The molecule has 1 aromatic carbocycles. The first-order valence-electron chi connectivity index (χ1n) is 9.38. The van der Waals surface area contributed by atoms with Gasteiger partial charge in [0.15, 0.2) is 10.7 Å². The maximum absolute atomic E-state index is 12.0. The second kappa shape index (κ2) is 7.81. The van der Waals surface area contributed by atoms with Gasteiger partial charge in [0.05, 0.1) is 29.3 Å². The van der Waals surface area contributed by atoms with Crippen LogP contribution >= 0.6 is 22.9 Å². The van der Waals surface area contributed by atoms with Crippen LogP contribution in [-0.4, -0.2) is 39.8 Å². The molecule has 3 heterocycles. The Bertz CT molecular complexity index is 1050. The average Bonchev–Trinajstić information content (AvgIpc) is 3.24. The van der Waals surface area contributed by atoms with Crippen molar-refractivity contribution in [3.8, 4) is 0 Å². The number of amides is 2. The van der Waals surface area contributed by atoms with E-state index in [4.69, 9.17) is 21.1 Å². The predicted octanol–water partition coefficient (Wildman–Crippen LogP) is 3.95. The molecule has 3 N–H and O–H groups in total. The largest absolute Gasteiger partial charge is 0.423 e. The van der Waals surface area contributed by atoms with Gasteiger partial charge in [-0.15, -0.1) is 0 Å². The van der Waals surface area contributed by atoms with E-state index in [0.29, 0.717) is 28.2 Å². The molecule has 8 nitrogen and oxygen atoms in total. The fourth-order valence-electron chi connectivity index (χ4n) is 3.53. The van der Waals surface area contributed by atoms with E-state index in [-0.39, 0.29) is 30.8 Å². The Balaban J connectivity index is 1.58. The molecule has 3 aromatic rings. The zero-order chi connectivity index (χ0) is 20.7. The van der Waals surface area contributed by atoms with E-state index in [9.17, 15) is 4.79 Å². The summed E-state index contributed by atoms with van der Waals surface area (Å²) < 4.78 is 5.98. The molecule has 4 rings (SSSR count). The van der Waals surface area contributed by atoms with Gasteiger partial charge in [0, 0.05) is 17.5 Å². The Morgan fingerprint density at radius 3 is 3.00 bits per heavy atom. The Kier molecular flexibility index (Phi) is 5.37. The smallest absolute Gasteiger partial charge is 0.321 e. The molecule has 0 spiro atoms. The van der Waals surface area contributed by atoms with E-state index < -0.39 is 0 Å². The van der Waals surface area contributed by atoms with Crippen molar-refractivity contribution in [1.29, 1.82) is 0 Å². The molecule has 0 saturated carbocycles. The van der Waals surface area contributed by atoms with Crippen molar-refractivity contribution in [3.05, 3.63) is 33.8 Å². The quantitative estimate of drug-likeness (QED) is 0.573. The van der Waals surface area contributed by atoms with Gasteiger partial charge in [0.2, 0.25) is 0 Å². The van der Waals surface area contributed by atoms with Crippen LogP contribution in [0.1, 0.15) is 37.4 Å². The number of fused-ring (bicyclic) bond motifs is 2. The lowest BCUT2D eigenvalue weighted by molar-refractivity contribution is 0.229. The van der Waals surface area contributed by atoms with Gasteiger partial charge in [-0.25, -0.2) is 9.78 Å². The van der Waals surface area contributed by atoms with Crippen LogP contribution < -0.4 is 15.5 Å². The normalized spacial score (nSPS) is 19.8. The third-order valence-electron chi connectivity index (χ3n) is 4.92. The van der Waals surface area contributed by atoms with Crippen LogP contribution in [0.5, 0.6) is 0 Å². The van der Waals surface area contributed by atoms with E-state index in [1.54, 1.807) is 19.1 Å². The fourth-order valence-corrected chi connectivity index (χ4v) is 4.74. The van der Waals surface area contributed by atoms with Gasteiger partial charge in [0.1, 0.15) is 5.52 Å².